The smallest absolute Gasteiger partial charge is 0.170 e. The monoisotopic (exact) mass is 138 g/mol. The number of fused-ring (bicyclic) bond motifs is 1. The standard InChI is InChI=1S/C8H10O2/c1-8-3-4-2-5(7(8)9)6(4)10-8/h4-6H,2-3H2,1H3. The molecule has 4 atom stereocenters. The van der Waals surface area contributed by atoms with Crippen molar-refractivity contribution in [3.05, 3.63) is 0 Å². The maximum atomic E-state index is 11.4. The van der Waals surface area contributed by atoms with Gasteiger partial charge in [-0.05, 0) is 25.7 Å². The number of ether oxygens (including phenoxy) is 1. The number of carbonyl (C=O) groups excluding carboxylic acids is 1. The molecule has 2 nitrogen and oxygen atoms in total. The van der Waals surface area contributed by atoms with Crippen molar-refractivity contribution >= 4 is 5.78 Å². The zero-order valence-electron chi connectivity index (χ0n) is 5.96. The minimum atomic E-state index is -0.349. The van der Waals surface area contributed by atoms with Gasteiger partial charge in [-0.2, -0.15) is 0 Å². The highest BCUT2D eigenvalue weighted by molar-refractivity contribution is 5.94. The summed E-state index contributed by atoms with van der Waals surface area (Å²) in [4.78, 5) is 11.4. The molecule has 2 heteroatoms. The molecule has 2 bridgehead atoms. The van der Waals surface area contributed by atoms with E-state index >= 15 is 0 Å². The van der Waals surface area contributed by atoms with E-state index < -0.39 is 0 Å². The van der Waals surface area contributed by atoms with Crippen LogP contribution in [-0.4, -0.2) is 17.5 Å². The van der Waals surface area contributed by atoms with Gasteiger partial charge in [0.05, 0.1) is 6.10 Å². The fraction of sp³-hybridized carbons (Fsp3) is 0.875. The maximum absolute atomic E-state index is 11.4. The minimum Gasteiger partial charge on any atom is -0.363 e. The number of carbonyl (C=O) groups is 1. The fourth-order valence-electron chi connectivity index (χ4n) is 2.76. The summed E-state index contributed by atoms with van der Waals surface area (Å²) in [7, 11) is 0. The largest absolute Gasteiger partial charge is 0.363 e. The number of hydrogen-bond donors (Lipinski definition) is 0. The Morgan fingerprint density at radius 3 is 2.80 bits per heavy atom. The predicted molar refractivity (Wildman–Crippen MR) is 34.5 cm³/mol. The molecule has 0 N–H and O–H groups in total. The average Bonchev–Trinajstić information content (AvgIpc) is 2.19. The highest BCUT2D eigenvalue weighted by atomic mass is 16.5. The van der Waals surface area contributed by atoms with Crippen LogP contribution in [0.4, 0.5) is 0 Å². The van der Waals surface area contributed by atoms with Gasteiger partial charge in [-0.15, -0.1) is 0 Å². The number of ketones is 1. The second-order valence-electron chi connectivity index (χ2n) is 3.98. The van der Waals surface area contributed by atoms with Gasteiger partial charge in [0.2, 0.25) is 0 Å². The fourth-order valence-corrected chi connectivity index (χ4v) is 2.76. The Labute approximate surface area is 59.6 Å². The van der Waals surface area contributed by atoms with Crippen LogP contribution >= 0.6 is 0 Å². The summed E-state index contributed by atoms with van der Waals surface area (Å²) in [5, 5.41) is 0. The SMILES string of the molecule is CC12CC3CC(C1=O)C3O2. The molecule has 1 saturated carbocycles. The molecule has 0 amide bonds. The molecular weight excluding hydrogens is 128 g/mol. The Balaban J connectivity index is 2.12. The lowest BCUT2D eigenvalue weighted by Crippen LogP contribution is -2.48. The van der Waals surface area contributed by atoms with Crippen LogP contribution in [0.5, 0.6) is 0 Å². The average molecular weight is 138 g/mol. The molecule has 0 aromatic rings. The van der Waals surface area contributed by atoms with Crippen LogP contribution in [0.1, 0.15) is 19.8 Å². The molecule has 2 heterocycles. The van der Waals surface area contributed by atoms with Crippen molar-refractivity contribution in [3.8, 4) is 0 Å². The van der Waals surface area contributed by atoms with Gasteiger partial charge in [0.25, 0.3) is 0 Å². The van der Waals surface area contributed by atoms with Crippen LogP contribution < -0.4 is 0 Å². The third kappa shape index (κ3) is 0.335. The molecule has 3 aliphatic rings. The molecule has 2 saturated heterocycles. The van der Waals surface area contributed by atoms with E-state index in [0.717, 1.165) is 18.8 Å². The lowest BCUT2D eigenvalue weighted by Gasteiger charge is -2.38. The first-order valence-corrected chi connectivity index (χ1v) is 3.93. The normalized spacial score (nSPS) is 62.9. The Morgan fingerprint density at radius 1 is 1.70 bits per heavy atom. The van der Waals surface area contributed by atoms with Crippen LogP contribution in [0.15, 0.2) is 0 Å². The van der Waals surface area contributed by atoms with E-state index in [-0.39, 0.29) is 5.60 Å². The highest BCUT2D eigenvalue weighted by Crippen LogP contribution is 2.58. The topological polar surface area (TPSA) is 26.3 Å². The van der Waals surface area contributed by atoms with Crippen molar-refractivity contribution in [3.63, 3.8) is 0 Å². The third-order valence-electron chi connectivity index (χ3n) is 3.32. The Kier molecular flexibility index (Phi) is 0.626. The van der Waals surface area contributed by atoms with E-state index in [4.69, 9.17) is 4.74 Å². The van der Waals surface area contributed by atoms with Crippen molar-refractivity contribution in [2.24, 2.45) is 11.8 Å². The van der Waals surface area contributed by atoms with Gasteiger partial charge in [0, 0.05) is 5.92 Å². The first-order valence-electron chi connectivity index (χ1n) is 3.93. The van der Waals surface area contributed by atoms with Gasteiger partial charge in [0.1, 0.15) is 5.60 Å². The van der Waals surface area contributed by atoms with Gasteiger partial charge in [0.15, 0.2) is 5.78 Å². The summed E-state index contributed by atoms with van der Waals surface area (Å²) >= 11 is 0. The molecule has 1 aliphatic carbocycles. The molecule has 3 rings (SSSR count). The Morgan fingerprint density at radius 2 is 2.50 bits per heavy atom. The molecule has 4 unspecified atom stereocenters. The highest BCUT2D eigenvalue weighted by Gasteiger charge is 2.67. The predicted octanol–water partition coefficient (Wildman–Crippen LogP) is 0.753. The first-order chi connectivity index (χ1) is 4.71. The Bertz CT molecular complexity index is 219. The molecule has 0 radical (unpaired) electrons. The Hall–Kier alpha value is -0.370. The number of Topliss-reactive ketones (excluding diaryl/α,β-unsaturated/α-hetero) is 1. The van der Waals surface area contributed by atoms with Crippen molar-refractivity contribution in [2.45, 2.75) is 31.5 Å². The van der Waals surface area contributed by atoms with Gasteiger partial charge in [-0.3, -0.25) is 4.79 Å². The van der Waals surface area contributed by atoms with Crippen LogP contribution in [0, 0.1) is 11.8 Å². The van der Waals surface area contributed by atoms with Crippen LogP contribution in [-0.2, 0) is 9.53 Å². The summed E-state index contributed by atoms with van der Waals surface area (Å²) in [6, 6.07) is 0. The number of rotatable bonds is 0. The first kappa shape index (κ1) is 5.30. The molecule has 0 spiro atoms. The molecule has 0 aromatic carbocycles. The van der Waals surface area contributed by atoms with E-state index in [1.165, 1.54) is 0 Å². The van der Waals surface area contributed by atoms with Gasteiger partial charge in [-0.25, -0.2) is 0 Å². The van der Waals surface area contributed by atoms with Gasteiger partial charge >= 0.3 is 0 Å². The summed E-state index contributed by atoms with van der Waals surface area (Å²) in [6.45, 7) is 1.95. The van der Waals surface area contributed by atoms with E-state index in [0.29, 0.717) is 17.8 Å². The van der Waals surface area contributed by atoms with Gasteiger partial charge in [-0.1, -0.05) is 0 Å². The van der Waals surface area contributed by atoms with Crippen LogP contribution in [0.25, 0.3) is 0 Å². The van der Waals surface area contributed by atoms with Gasteiger partial charge < -0.3 is 4.74 Å². The van der Waals surface area contributed by atoms with Crippen molar-refractivity contribution in [1.82, 2.24) is 0 Å². The molecule has 54 valence electrons. The maximum Gasteiger partial charge on any atom is 0.170 e. The second-order valence-corrected chi connectivity index (χ2v) is 3.98. The molecule has 3 fully saturated rings. The van der Waals surface area contributed by atoms with Crippen molar-refractivity contribution in [1.29, 1.82) is 0 Å². The van der Waals surface area contributed by atoms with Crippen molar-refractivity contribution < 1.29 is 9.53 Å². The second kappa shape index (κ2) is 1.18. The molecule has 2 aliphatic heterocycles. The van der Waals surface area contributed by atoms with E-state index in [9.17, 15) is 4.79 Å². The summed E-state index contributed by atoms with van der Waals surface area (Å²) in [6.07, 6.45) is 2.43. The lowest BCUT2D eigenvalue weighted by molar-refractivity contribution is -0.133. The lowest BCUT2D eigenvalue weighted by atomic mass is 9.61. The minimum absolute atomic E-state index is 0.295. The number of hydrogen-bond acceptors (Lipinski definition) is 2. The molecule has 0 aromatic heterocycles. The van der Waals surface area contributed by atoms with Crippen LogP contribution in [0.2, 0.25) is 0 Å². The summed E-state index contributed by atoms with van der Waals surface area (Å²) in [5.41, 5.74) is -0.349. The zero-order chi connectivity index (χ0) is 6.93. The van der Waals surface area contributed by atoms with E-state index in [1.54, 1.807) is 0 Å². The molecule has 10 heavy (non-hydrogen) atoms. The summed E-state index contributed by atoms with van der Waals surface area (Å²) < 4.78 is 5.58. The quantitative estimate of drug-likeness (QED) is 0.494. The summed E-state index contributed by atoms with van der Waals surface area (Å²) in [5.74, 6) is 1.40. The third-order valence-corrected chi connectivity index (χ3v) is 3.32. The van der Waals surface area contributed by atoms with Crippen LogP contribution in [0.3, 0.4) is 0 Å². The molecular formula is C8H10O2. The van der Waals surface area contributed by atoms with E-state index in [1.807, 2.05) is 6.92 Å². The van der Waals surface area contributed by atoms with Crippen molar-refractivity contribution in [2.75, 3.05) is 0 Å². The van der Waals surface area contributed by atoms with E-state index in [2.05, 4.69) is 0 Å². The zero-order valence-corrected chi connectivity index (χ0v) is 5.96.